The lowest BCUT2D eigenvalue weighted by atomic mass is 9.72. The van der Waals surface area contributed by atoms with Crippen LogP contribution >= 0.6 is 11.6 Å². The summed E-state index contributed by atoms with van der Waals surface area (Å²) in [7, 11) is -3.95. The smallest absolute Gasteiger partial charge is 0.265 e. The highest BCUT2D eigenvalue weighted by Gasteiger charge is 2.57. The normalized spacial score (nSPS) is 22.3. The largest absolute Gasteiger partial charge is 0.295 e. The number of hydrogen-bond donors (Lipinski definition) is 0. The third-order valence-corrected chi connectivity index (χ3v) is 8.26. The summed E-state index contributed by atoms with van der Waals surface area (Å²) < 4.78 is 29.7. The van der Waals surface area contributed by atoms with Crippen LogP contribution in [0.1, 0.15) is 29.0 Å². The summed E-state index contributed by atoms with van der Waals surface area (Å²) in [5, 5.41) is 0.513. The molecule has 0 fully saturated rings. The fourth-order valence-corrected chi connectivity index (χ4v) is 6.78. The summed E-state index contributed by atoms with van der Waals surface area (Å²) in [4.78, 5) is 12.6. The summed E-state index contributed by atoms with van der Waals surface area (Å²) in [6.07, 6.45) is 3.46. The van der Waals surface area contributed by atoms with Gasteiger partial charge in [0.2, 0.25) is 0 Å². The van der Waals surface area contributed by atoms with Crippen LogP contribution in [0.15, 0.2) is 89.8 Å². The predicted molar refractivity (Wildman–Crippen MR) is 122 cm³/mol. The zero-order valence-electron chi connectivity index (χ0n) is 16.8. The maximum absolute atomic E-state index is 14.1. The van der Waals surface area contributed by atoms with Gasteiger partial charge in [0.1, 0.15) is 5.54 Å². The van der Waals surface area contributed by atoms with Gasteiger partial charge in [-0.25, -0.2) is 8.42 Å². The molecule has 1 heterocycles. The first-order chi connectivity index (χ1) is 14.8. The Labute approximate surface area is 186 Å². The molecule has 31 heavy (non-hydrogen) atoms. The zero-order valence-corrected chi connectivity index (χ0v) is 18.4. The second kappa shape index (κ2) is 7.08. The molecule has 4 nitrogen and oxygen atoms in total. The van der Waals surface area contributed by atoms with E-state index < -0.39 is 15.6 Å². The number of ketones is 1. The molecule has 3 aromatic rings. The highest BCUT2D eigenvalue weighted by molar-refractivity contribution is 7.93. The molecule has 0 amide bonds. The number of anilines is 1. The number of benzene rings is 3. The average Bonchev–Trinajstić information content (AvgIpc) is 3.06. The van der Waals surface area contributed by atoms with E-state index in [2.05, 4.69) is 0 Å². The van der Waals surface area contributed by atoms with Crippen molar-refractivity contribution < 1.29 is 13.2 Å². The Morgan fingerprint density at radius 3 is 2.48 bits per heavy atom. The quantitative estimate of drug-likeness (QED) is 0.540. The number of para-hydroxylation sites is 1. The number of rotatable bonds is 3. The van der Waals surface area contributed by atoms with Crippen LogP contribution < -0.4 is 4.31 Å². The zero-order chi connectivity index (χ0) is 21.8. The maximum atomic E-state index is 14.1. The van der Waals surface area contributed by atoms with Crippen molar-refractivity contribution in [2.75, 3.05) is 4.31 Å². The Hall–Kier alpha value is -2.89. The number of halogens is 1. The van der Waals surface area contributed by atoms with E-state index in [9.17, 15) is 13.2 Å². The number of aryl methyl sites for hydroxylation is 1. The van der Waals surface area contributed by atoms with E-state index in [-0.39, 0.29) is 23.0 Å². The molecule has 6 heteroatoms. The van der Waals surface area contributed by atoms with Crippen molar-refractivity contribution in [1.29, 1.82) is 0 Å². The van der Waals surface area contributed by atoms with Gasteiger partial charge in [0.15, 0.2) is 5.78 Å². The lowest BCUT2D eigenvalue weighted by Gasteiger charge is -2.42. The van der Waals surface area contributed by atoms with E-state index in [0.29, 0.717) is 10.7 Å². The molecule has 3 aromatic carbocycles. The van der Waals surface area contributed by atoms with Gasteiger partial charge in [-0.2, -0.15) is 0 Å². The molecular formula is C25H20ClNO3S. The number of carbonyl (C=O) groups excluding carboxylic acids is 1. The van der Waals surface area contributed by atoms with Gasteiger partial charge in [0, 0.05) is 17.4 Å². The first-order valence-electron chi connectivity index (χ1n) is 10.0. The van der Waals surface area contributed by atoms with Gasteiger partial charge in [-0.3, -0.25) is 9.10 Å². The van der Waals surface area contributed by atoms with Crippen molar-refractivity contribution in [2.24, 2.45) is 0 Å². The van der Waals surface area contributed by atoms with Crippen LogP contribution in [0.3, 0.4) is 0 Å². The molecule has 0 unspecified atom stereocenters. The second-order valence-electron chi connectivity index (χ2n) is 8.03. The standard InChI is InChI=1S/C25H20ClNO3S/c1-17-9-11-21(12-10-17)31(29,30)27-24-8-3-2-7-22(24)23-16-20(28)13-14-25(23,27)18-5-4-6-19(26)15-18/h2-15,23H,16H2,1H3/t23-,25+/m0/s1. The van der Waals surface area contributed by atoms with Gasteiger partial charge in [-0.05, 0) is 60.5 Å². The molecule has 2 aliphatic rings. The van der Waals surface area contributed by atoms with Crippen molar-refractivity contribution in [1.82, 2.24) is 0 Å². The Morgan fingerprint density at radius 1 is 1.00 bits per heavy atom. The van der Waals surface area contributed by atoms with Crippen molar-refractivity contribution >= 4 is 33.1 Å². The molecule has 0 spiro atoms. The fraction of sp³-hybridized carbons (Fsp3) is 0.160. The average molecular weight is 450 g/mol. The van der Waals surface area contributed by atoms with Crippen LogP contribution in [0.4, 0.5) is 5.69 Å². The molecule has 1 aliphatic heterocycles. The first-order valence-corrected chi connectivity index (χ1v) is 11.8. The lowest BCUT2D eigenvalue weighted by molar-refractivity contribution is -0.115. The summed E-state index contributed by atoms with van der Waals surface area (Å²) in [6.45, 7) is 1.92. The molecule has 0 aromatic heterocycles. The SMILES string of the molecule is Cc1ccc(S(=O)(=O)N2c3ccccc3[C@@H]3CC(=O)C=C[C@@]32c2cccc(Cl)c2)cc1. The van der Waals surface area contributed by atoms with Gasteiger partial charge in [0.25, 0.3) is 10.0 Å². The Morgan fingerprint density at radius 2 is 1.74 bits per heavy atom. The van der Waals surface area contributed by atoms with Gasteiger partial charge < -0.3 is 0 Å². The van der Waals surface area contributed by atoms with E-state index in [1.54, 1.807) is 42.5 Å². The van der Waals surface area contributed by atoms with Gasteiger partial charge >= 0.3 is 0 Å². The van der Waals surface area contributed by atoms with E-state index in [0.717, 1.165) is 16.7 Å². The van der Waals surface area contributed by atoms with Crippen LogP contribution in [0, 0.1) is 6.92 Å². The van der Waals surface area contributed by atoms with Crippen molar-refractivity contribution in [3.8, 4) is 0 Å². The monoisotopic (exact) mass is 449 g/mol. The minimum Gasteiger partial charge on any atom is -0.295 e. The van der Waals surface area contributed by atoms with E-state index >= 15 is 0 Å². The molecule has 2 atom stereocenters. The van der Waals surface area contributed by atoms with Crippen molar-refractivity contribution in [3.05, 3.63) is 107 Å². The van der Waals surface area contributed by atoms with Crippen LogP contribution in [-0.2, 0) is 20.4 Å². The van der Waals surface area contributed by atoms with E-state index in [4.69, 9.17) is 11.6 Å². The highest BCUT2D eigenvalue weighted by Crippen LogP contribution is 2.59. The van der Waals surface area contributed by atoms with Crippen LogP contribution in [-0.4, -0.2) is 14.2 Å². The number of fused-ring (bicyclic) bond motifs is 3. The molecule has 5 rings (SSSR count). The number of allylic oxidation sites excluding steroid dienone is 1. The number of hydrogen-bond acceptors (Lipinski definition) is 3. The van der Waals surface area contributed by atoms with Crippen molar-refractivity contribution in [3.63, 3.8) is 0 Å². The molecule has 156 valence electrons. The summed E-state index contributed by atoms with van der Waals surface area (Å²) in [6, 6.07) is 21.5. The fourth-order valence-electron chi connectivity index (χ4n) is 4.78. The number of sulfonamides is 1. The molecule has 0 N–H and O–H groups in total. The van der Waals surface area contributed by atoms with Gasteiger partial charge in [-0.1, -0.05) is 59.6 Å². The van der Waals surface area contributed by atoms with Crippen LogP contribution in [0.25, 0.3) is 0 Å². The number of carbonyl (C=O) groups is 1. The Bertz CT molecular complexity index is 1330. The lowest BCUT2D eigenvalue weighted by Crippen LogP contribution is -2.49. The summed E-state index contributed by atoms with van der Waals surface area (Å²) in [5.74, 6) is -0.369. The Balaban J connectivity index is 1.85. The first kappa shape index (κ1) is 20.0. The van der Waals surface area contributed by atoms with Gasteiger partial charge in [0.05, 0.1) is 10.6 Å². The molecule has 1 aliphatic carbocycles. The van der Waals surface area contributed by atoms with Gasteiger partial charge in [-0.15, -0.1) is 0 Å². The third kappa shape index (κ3) is 2.95. The third-order valence-electron chi connectivity index (χ3n) is 6.17. The topological polar surface area (TPSA) is 54.5 Å². The van der Waals surface area contributed by atoms with Crippen molar-refractivity contribution in [2.45, 2.75) is 29.7 Å². The van der Waals surface area contributed by atoms with E-state index in [1.807, 2.05) is 43.3 Å². The summed E-state index contributed by atoms with van der Waals surface area (Å²) >= 11 is 6.33. The maximum Gasteiger partial charge on any atom is 0.265 e. The Kier molecular flexibility index (Phi) is 4.57. The minimum absolute atomic E-state index is 0.0213. The van der Waals surface area contributed by atoms with Crippen LogP contribution in [0.2, 0.25) is 5.02 Å². The molecular weight excluding hydrogens is 430 g/mol. The number of nitrogens with zero attached hydrogens (tertiary/aromatic N) is 1. The second-order valence-corrected chi connectivity index (χ2v) is 10.3. The molecule has 0 saturated heterocycles. The highest BCUT2D eigenvalue weighted by atomic mass is 35.5. The minimum atomic E-state index is -3.95. The molecule has 0 bridgehead atoms. The molecule has 0 saturated carbocycles. The molecule has 0 radical (unpaired) electrons. The van der Waals surface area contributed by atoms with Crippen LogP contribution in [0.5, 0.6) is 0 Å². The predicted octanol–water partition coefficient (Wildman–Crippen LogP) is 5.37. The van der Waals surface area contributed by atoms with E-state index in [1.165, 1.54) is 10.4 Å². The summed E-state index contributed by atoms with van der Waals surface area (Å²) in [5.41, 5.74) is 2.07.